The van der Waals surface area contributed by atoms with Crippen molar-refractivity contribution < 1.29 is 27.5 Å². The summed E-state index contributed by atoms with van der Waals surface area (Å²) in [5.41, 5.74) is 0.922. The zero-order chi connectivity index (χ0) is 24.2. The fourth-order valence-corrected chi connectivity index (χ4v) is 5.63. The summed E-state index contributed by atoms with van der Waals surface area (Å²) in [6, 6.07) is 10.1. The van der Waals surface area contributed by atoms with Crippen molar-refractivity contribution in [1.82, 2.24) is 4.31 Å². The van der Waals surface area contributed by atoms with Crippen molar-refractivity contribution in [2.24, 2.45) is 5.92 Å². The van der Waals surface area contributed by atoms with Crippen LogP contribution in [0.1, 0.15) is 47.4 Å². The third-order valence-electron chi connectivity index (χ3n) is 5.31. The Labute approximate surface area is 197 Å². The molecule has 0 spiro atoms. The van der Waals surface area contributed by atoms with Crippen LogP contribution in [0, 0.1) is 5.92 Å². The molecular formula is C23H25ClN2O6S. The van der Waals surface area contributed by atoms with Crippen molar-refractivity contribution in [3.8, 4) is 0 Å². The number of carbonyl (C=O) groups excluding carboxylic acids is 3. The minimum atomic E-state index is -3.87. The first kappa shape index (κ1) is 24.9. The lowest BCUT2D eigenvalue weighted by Crippen LogP contribution is -2.39. The molecule has 1 saturated heterocycles. The van der Waals surface area contributed by atoms with Crippen LogP contribution in [0.2, 0.25) is 5.02 Å². The number of esters is 1. The van der Waals surface area contributed by atoms with E-state index in [1.54, 1.807) is 24.3 Å². The molecule has 0 aliphatic carbocycles. The van der Waals surface area contributed by atoms with Gasteiger partial charge < -0.3 is 10.1 Å². The number of nitrogens with one attached hydrogen (secondary N) is 1. The molecule has 10 heteroatoms. The first-order valence-corrected chi connectivity index (χ1v) is 12.3. The molecule has 1 aliphatic rings. The lowest BCUT2D eigenvalue weighted by atomic mass is 10.0. The number of piperidine rings is 1. The summed E-state index contributed by atoms with van der Waals surface area (Å²) in [6.07, 6.45) is 1.71. The first-order chi connectivity index (χ1) is 15.6. The van der Waals surface area contributed by atoms with Crippen LogP contribution < -0.4 is 5.32 Å². The van der Waals surface area contributed by atoms with E-state index in [9.17, 15) is 22.8 Å². The average molecular weight is 493 g/mol. The molecule has 2 aromatic rings. The molecule has 1 fully saturated rings. The van der Waals surface area contributed by atoms with Crippen LogP contribution >= 0.6 is 11.6 Å². The van der Waals surface area contributed by atoms with Crippen molar-refractivity contribution in [2.45, 2.75) is 31.6 Å². The van der Waals surface area contributed by atoms with Crippen molar-refractivity contribution in [1.29, 1.82) is 0 Å². The van der Waals surface area contributed by atoms with E-state index in [2.05, 4.69) is 5.32 Å². The van der Waals surface area contributed by atoms with Gasteiger partial charge in [0.05, 0.1) is 10.6 Å². The Morgan fingerprint density at radius 2 is 1.79 bits per heavy atom. The monoisotopic (exact) mass is 492 g/mol. The van der Waals surface area contributed by atoms with Crippen LogP contribution in [0.3, 0.4) is 0 Å². The van der Waals surface area contributed by atoms with E-state index in [4.69, 9.17) is 16.3 Å². The molecule has 2 aromatic carbocycles. The standard InChI is InChI=1S/C23H25ClN2O6S/c1-15-4-3-11-26(13-15)33(30,31)21-12-18(7-10-20(21)24)23(29)32-14-22(28)25-19-8-5-17(6-9-19)16(2)27/h5-10,12,15H,3-4,11,13-14H2,1-2H3,(H,25,28). The molecule has 8 nitrogen and oxygen atoms in total. The topological polar surface area (TPSA) is 110 Å². The van der Waals surface area contributed by atoms with E-state index < -0.39 is 28.5 Å². The van der Waals surface area contributed by atoms with E-state index in [0.29, 0.717) is 24.3 Å². The summed E-state index contributed by atoms with van der Waals surface area (Å²) in [5, 5.41) is 2.57. The third-order valence-corrected chi connectivity index (χ3v) is 7.66. The molecule has 1 N–H and O–H groups in total. The number of halogens is 1. The lowest BCUT2D eigenvalue weighted by molar-refractivity contribution is -0.119. The number of benzene rings is 2. The number of sulfonamides is 1. The zero-order valence-corrected chi connectivity index (χ0v) is 19.9. The van der Waals surface area contributed by atoms with Gasteiger partial charge in [-0.2, -0.15) is 4.31 Å². The van der Waals surface area contributed by atoms with Gasteiger partial charge in [0.25, 0.3) is 5.91 Å². The highest BCUT2D eigenvalue weighted by Crippen LogP contribution is 2.29. The number of ketones is 1. The maximum atomic E-state index is 13.1. The van der Waals surface area contributed by atoms with Gasteiger partial charge in [0.2, 0.25) is 10.0 Å². The van der Waals surface area contributed by atoms with E-state index in [-0.39, 0.29) is 27.2 Å². The lowest BCUT2D eigenvalue weighted by Gasteiger charge is -2.30. The summed E-state index contributed by atoms with van der Waals surface area (Å²) >= 11 is 6.15. The van der Waals surface area contributed by atoms with E-state index >= 15 is 0 Å². The molecule has 1 heterocycles. The number of hydrogen-bond donors (Lipinski definition) is 1. The van der Waals surface area contributed by atoms with Gasteiger partial charge in [-0.1, -0.05) is 18.5 Å². The van der Waals surface area contributed by atoms with Crippen molar-refractivity contribution in [3.63, 3.8) is 0 Å². The second-order valence-corrected chi connectivity index (χ2v) is 10.3. The van der Waals surface area contributed by atoms with Gasteiger partial charge in [0, 0.05) is 24.3 Å². The number of anilines is 1. The van der Waals surface area contributed by atoms with Crippen molar-refractivity contribution in [2.75, 3.05) is 25.0 Å². The summed E-state index contributed by atoms with van der Waals surface area (Å²) in [5.74, 6) is -1.29. The van der Waals surface area contributed by atoms with Gasteiger partial charge in [0.1, 0.15) is 4.90 Å². The highest BCUT2D eigenvalue weighted by atomic mass is 35.5. The Hall–Kier alpha value is -2.75. The largest absolute Gasteiger partial charge is 0.452 e. The van der Waals surface area contributed by atoms with Crippen LogP contribution in [0.4, 0.5) is 5.69 Å². The minimum absolute atomic E-state index is 0.0107. The molecule has 0 radical (unpaired) electrons. The molecular weight excluding hydrogens is 468 g/mol. The van der Waals surface area contributed by atoms with Crippen LogP contribution in [-0.2, 0) is 19.6 Å². The van der Waals surface area contributed by atoms with Gasteiger partial charge in [-0.15, -0.1) is 0 Å². The van der Waals surface area contributed by atoms with Gasteiger partial charge in [-0.3, -0.25) is 9.59 Å². The molecule has 1 unspecified atom stereocenters. The molecule has 0 saturated carbocycles. The van der Waals surface area contributed by atoms with Gasteiger partial charge >= 0.3 is 5.97 Å². The molecule has 0 aromatic heterocycles. The van der Waals surface area contributed by atoms with Crippen LogP contribution in [0.25, 0.3) is 0 Å². The highest BCUT2D eigenvalue weighted by molar-refractivity contribution is 7.89. The predicted octanol–water partition coefficient (Wildman–Crippen LogP) is 3.76. The average Bonchev–Trinajstić information content (AvgIpc) is 2.78. The summed E-state index contributed by atoms with van der Waals surface area (Å²) in [4.78, 5) is 35.7. The Balaban J connectivity index is 1.65. The Morgan fingerprint density at radius 1 is 1.12 bits per heavy atom. The second-order valence-electron chi connectivity index (χ2n) is 8.01. The third kappa shape index (κ3) is 6.19. The number of carbonyl (C=O) groups is 3. The normalized spacial score (nSPS) is 16.8. The highest BCUT2D eigenvalue weighted by Gasteiger charge is 2.31. The Morgan fingerprint density at radius 3 is 2.42 bits per heavy atom. The Bertz CT molecular complexity index is 1160. The number of nitrogens with zero attached hydrogens (tertiary/aromatic N) is 1. The zero-order valence-electron chi connectivity index (χ0n) is 18.3. The number of Topliss-reactive ketones (excluding diaryl/α,β-unsaturated/α-hetero) is 1. The smallest absolute Gasteiger partial charge is 0.338 e. The maximum Gasteiger partial charge on any atom is 0.338 e. The number of amides is 1. The molecule has 1 atom stereocenters. The SMILES string of the molecule is CC(=O)c1ccc(NC(=O)COC(=O)c2ccc(Cl)c(S(=O)(=O)N3CCCC(C)C3)c2)cc1. The van der Waals surface area contributed by atoms with Crippen LogP contribution in [-0.4, -0.2) is 50.1 Å². The number of hydrogen-bond acceptors (Lipinski definition) is 6. The molecule has 33 heavy (non-hydrogen) atoms. The van der Waals surface area contributed by atoms with Crippen LogP contribution in [0.15, 0.2) is 47.4 Å². The Kier molecular flexibility index (Phi) is 7.88. The summed E-state index contributed by atoms with van der Waals surface area (Å²) < 4.78 is 32.6. The summed E-state index contributed by atoms with van der Waals surface area (Å²) in [6.45, 7) is 3.64. The second kappa shape index (κ2) is 10.5. The van der Waals surface area contributed by atoms with E-state index in [1.807, 2.05) is 6.92 Å². The van der Waals surface area contributed by atoms with E-state index in [1.165, 1.54) is 29.4 Å². The van der Waals surface area contributed by atoms with Gasteiger partial charge in [-0.25, -0.2) is 13.2 Å². The molecule has 1 amide bonds. The van der Waals surface area contributed by atoms with Crippen molar-refractivity contribution >= 4 is 45.0 Å². The molecule has 3 rings (SSSR count). The van der Waals surface area contributed by atoms with Crippen LogP contribution in [0.5, 0.6) is 0 Å². The van der Waals surface area contributed by atoms with E-state index in [0.717, 1.165) is 12.8 Å². The van der Waals surface area contributed by atoms with Crippen molar-refractivity contribution in [3.05, 3.63) is 58.6 Å². The number of rotatable bonds is 7. The maximum absolute atomic E-state index is 13.1. The fraction of sp³-hybridized carbons (Fsp3) is 0.348. The fourth-order valence-electron chi connectivity index (χ4n) is 3.53. The van der Waals surface area contributed by atoms with Gasteiger partial charge in [-0.05, 0) is 68.1 Å². The summed E-state index contributed by atoms with van der Waals surface area (Å²) in [7, 11) is -3.87. The first-order valence-electron chi connectivity index (χ1n) is 10.5. The molecule has 1 aliphatic heterocycles. The molecule has 176 valence electrons. The number of ether oxygens (including phenoxy) is 1. The minimum Gasteiger partial charge on any atom is -0.452 e. The molecule has 0 bridgehead atoms. The van der Waals surface area contributed by atoms with Gasteiger partial charge in [0.15, 0.2) is 12.4 Å². The quantitative estimate of drug-likeness (QED) is 0.465. The predicted molar refractivity (Wildman–Crippen MR) is 124 cm³/mol.